The van der Waals surface area contributed by atoms with Crippen LogP contribution in [-0.2, 0) is 21.2 Å². The van der Waals surface area contributed by atoms with Gasteiger partial charge >= 0.3 is 5.97 Å². The van der Waals surface area contributed by atoms with Crippen LogP contribution in [0.5, 0.6) is 0 Å². The number of hydrogen-bond donors (Lipinski definition) is 3. The maximum atomic E-state index is 12.1. The van der Waals surface area contributed by atoms with Gasteiger partial charge in [-0.15, -0.1) is 0 Å². The van der Waals surface area contributed by atoms with Crippen LogP contribution in [0.4, 0.5) is 0 Å². The highest BCUT2D eigenvalue weighted by atomic mass is 32.2. The summed E-state index contributed by atoms with van der Waals surface area (Å²) in [4.78, 5) is 23.5. The Morgan fingerprint density at radius 3 is 2.58 bits per heavy atom. The molecule has 1 atom stereocenters. The maximum Gasteiger partial charge on any atom is 0.308 e. The number of furan rings is 1. The molecule has 2 rings (SSSR count). The molecule has 3 N–H and O–H groups in total. The number of carboxylic acids is 1. The van der Waals surface area contributed by atoms with Crippen LogP contribution >= 0.6 is 0 Å². The SMILES string of the molecule is CNS(=O)(=O)c1ccc(C(=O)NCC(Cc2cccc(C)c2)C(=O)O)o1. The van der Waals surface area contributed by atoms with Crippen LogP contribution in [-0.4, -0.2) is 39.0 Å². The fraction of sp³-hybridized carbons (Fsp3) is 0.294. The minimum Gasteiger partial charge on any atom is -0.481 e. The second-order valence-electron chi connectivity index (χ2n) is 5.76. The van der Waals surface area contributed by atoms with Gasteiger partial charge in [-0.3, -0.25) is 9.59 Å². The first kappa shape index (κ1) is 19.7. The summed E-state index contributed by atoms with van der Waals surface area (Å²) < 4.78 is 30.3. The highest BCUT2D eigenvalue weighted by Gasteiger charge is 2.22. The Bertz CT molecular complexity index is 903. The third-order valence-electron chi connectivity index (χ3n) is 3.76. The van der Waals surface area contributed by atoms with Gasteiger partial charge in [0.15, 0.2) is 5.76 Å². The standard InChI is InChI=1S/C17H20N2O6S/c1-11-4-3-5-12(8-11)9-13(17(21)22)10-19-16(20)14-6-7-15(25-14)26(23,24)18-2/h3-8,13,18H,9-10H2,1-2H3,(H,19,20)(H,21,22). The van der Waals surface area contributed by atoms with Gasteiger partial charge < -0.3 is 14.8 Å². The minimum absolute atomic E-state index is 0.114. The Balaban J connectivity index is 2.02. The van der Waals surface area contributed by atoms with Gasteiger partial charge in [-0.25, -0.2) is 13.1 Å². The van der Waals surface area contributed by atoms with Crippen molar-refractivity contribution < 1.29 is 27.5 Å². The molecule has 9 heteroatoms. The summed E-state index contributed by atoms with van der Waals surface area (Å²) in [7, 11) is -2.57. The summed E-state index contributed by atoms with van der Waals surface area (Å²) in [6.07, 6.45) is 0.259. The van der Waals surface area contributed by atoms with Gasteiger partial charge in [0.05, 0.1) is 5.92 Å². The summed E-state index contributed by atoms with van der Waals surface area (Å²) in [6.45, 7) is 1.80. The number of nitrogens with one attached hydrogen (secondary N) is 2. The molecule has 0 radical (unpaired) electrons. The number of sulfonamides is 1. The number of aliphatic carboxylic acids is 1. The van der Waals surface area contributed by atoms with Crippen molar-refractivity contribution >= 4 is 21.9 Å². The molecule has 0 aliphatic heterocycles. The molecule has 2 aromatic rings. The van der Waals surface area contributed by atoms with Crippen molar-refractivity contribution in [2.75, 3.05) is 13.6 Å². The topological polar surface area (TPSA) is 126 Å². The summed E-state index contributed by atoms with van der Waals surface area (Å²) in [5.74, 6) is -2.75. The van der Waals surface area contributed by atoms with Gasteiger partial charge in [0, 0.05) is 6.54 Å². The molecule has 26 heavy (non-hydrogen) atoms. The van der Waals surface area contributed by atoms with Gasteiger partial charge in [0.2, 0.25) is 5.09 Å². The van der Waals surface area contributed by atoms with Gasteiger partial charge in [-0.05, 0) is 38.1 Å². The Hall–Kier alpha value is -2.65. The van der Waals surface area contributed by atoms with Crippen LogP contribution in [0.1, 0.15) is 21.7 Å². The first-order valence-electron chi connectivity index (χ1n) is 7.83. The smallest absolute Gasteiger partial charge is 0.308 e. The van der Waals surface area contributed by atoms with E-state index >= 15 is 0 Å². The number of carbonyl (C=O) groups excluding carboxylic acids is 1. The van der Waals surface area contributed by atoms with Crippen molar-refractivity contribution in [3.63, 3.8) is 0 Å². The Morgan fingerprint density at radius 1 is 1.23 bits per heavy atom. The molecule has 0 bridgehead atoms. The van der Waals surface area contributed by atoms with Crippen LogP contribution in [0.3, 0.4) is 0 Å². The third-order valence-corrected chi connectivity index (χ3v) is 5.05. The summed E-state index contributed by atoms with van der Waals surface area (Å²) in [5.41, 5.74) is 1.87. The van der Waals surface area contributed by atoms with Crippen molar-refractivity contribution in [2.45, 2.75) is 18.4 Å². The quantitative estimate of drug-likeness (QED) is 0.631. The van der Waals surface area contributed by atoms with E-state index in [0.29, 0.717) is 0 Å². The molecule has 0 saturated heterocycles. The van der Waals surface area contributed by atoms with E-state index in [1.165, 1.54) is 13.1 Å². The fourth-order valence-electron chi connectivity index (χ4n) is 2.36. The number of rotatable bonds is 8. The molecule has 0 aliphatic carbocycles. The summed E-state index contributed by atoms with van der Waals surface area (Å²) >= 11 is 0. The molecule has 8 nitrogen and oxygen atoms in total. The molecular formula is C17H20N2O6S. The zero-order valence-corrected chi connectivity index (χ0v) is 15.2. The van der Waals surface area contributed by atoms with Gasteiger partial charge in [-0.1, -0.05) is 29.8 Å². The molecule has 1 unspecified atom stereocenters. The van der Waals surface area contributed by atoms with Crippen LogP contribution in [0.2, 0.25) is 0 Å². The van der Waals surface area contributed by atoms with Gasteiger partial charge in [-0.2, -0.15) is 0 Å². The highest BCUT2D eigenvalue weighted by Crippen LogP contribution is 2.14. The maximum absolute atomic E-state index is 12.1. The number of hydrogen-bond acceptors (Lipinski definition) is 5. The molecule has 1 amide bonds. The van der Waals surface area contributed by atoms with E-state index in [1.54, 1.807) is 0 Å². The third kappa shape index (κ3) is 4.93. The molecule has 1 aromatic carbocycles. The van der Waals surface area contributed by atoms with Crippen molar-refractivity contribution in [2.24, 2.45) is 5.92 Å². The molecule has 0 spiro atoms. The van der Waals surface area contributed by atoms with E-state index in [9.17, 15) is 23.1 Å². The lowest BCUT2D eigenvalue weighted by Crippen LogP contribution is -2.34. The van der Waals surface area contributed by atoms with Crippen molar-refractivity contribution in [3.8, 4) is 0 Å². The molecule has 1 heterocycles. The first-order valence-corrected chi connectivity index (χ1v) is 9.31. The van der Waals surface area contributed by atoms with Crippen molar-refractivity contribution in [3.05, 3.63) is 53.3 Å². The lowest BCUT2D eigenvalue weighted by molar-refractivity contribution is -0.141. The molecule has 0 saturated carbocycles. The normalized spacial score (nSPS) is 12.5. The number of aryl methyl sites for hydroxylation is 1. The van der Waals surface area contributed by atoms with Crippen LogP contribution < -0.4 is 10.0 Å². The number of carboxylic acid groups (broad SMARTS) is 1. The lowest BCUT2D eigenvalue weighted by Gasteiger charge is -2.13. The summed E-state index contributed by atoms with van der Waals surface area (Å²) in [5, 5.41) is 11.4. The van der Waals surface area contributed by atoms with Crippen molar-refractivity contribution in [1.82, 2.24) is 10.0 Å². The van der Waals surface area contributed by atoms with E-state index in [0.717, 1.165) is 17.2 Å². The fourth-order valence-corrected chi connectivity index (χ4v) is 3.01. The molecule has 0 fully saturated rings. The van der Waals surface area contributed by atoms with Crippen LogP contribution in [0.15, 0.2) is 45.9 Å². The van der Waals surface area contributed by atoms with E-state index in [1.807, 2.05) is 31.2 Å². The molecule has 0 aliphatic rings. The Labute approximate surface area is 151 Å². The second-order valence-corrected chi connectivity index (χ2v) is 7.58. The predicted octanol–water partition coefficient (Wildman–Crippen LogP) is 1.17. The van der Waals surface area contributed by atoms with Crippen LogP contribution in [0.25, 0.3) is 0 Å². The summed E-state index contributed by atoms with van der Waals surface area (Å²) in [6, 6.07) is 9.84. The Morgan fingerprint density at radius 2 is 1.96 bits per heavy atom. The number of carbonyl (C=O) groups is 2. The van der Waals surface area contributed by atoms with Crippen molar-refractivity contribution in [1.29, 1.82) is 0 Å². The molecule has 1 aromatic heterocycles. The Kier molecular flexibility index (Phi) is 6.17. The van der Waals surface area contributed by atoms with Gasteiger partial charge in [0.25, 0.3) is 15.9 Å². The number of amides is 1. The number of benzene rings is 1. The zero-order chi connectivity index (χ0) is 19.3. The lowest BCUT2D eigenvalue weighted by atomic mass is 9.98. The van der Waals surface area contributed by atoms with Crippen LogP contribution in [0, 0.1) is 12.8 Å². The minimum atomic E-state index is -3.79. The monoisotopic (exact) mass is 380 g/mol. The zero-order valence-electron chi connectivity index (χ0n) is 14.4. The van der Waals surface area contributed by atoms with E-state index < -0.39 is 27.8 Å². The highest BCUT2D eigenvalue weighted by molar-refractivity contribution is 7.89. The largest absolute Gasteiger partial charge is 0.481 e. The molecule has 140 valence electrons. The van der Waals surface area contributed by atoms with Gasteiger partial charge in [0.1, 0.15) is 0 Å². The van der Waals surface area contributed by atoms with E-state index in [-0.39, 0.29) is 23.8 Å². The average molecular weight is 380 g/mol. The second kappa shape index (κ2) is 8.15. The van der Waals surface area contributed by atoms with E-state index in [2.05, 4.69) is 10.0 Å². The molecular weight excluding hydrogens is 360 g/mol. The van der Waals surface area contributed by atoms with E-state index in [4.69, 9.17) is 4.42 Å². The predicted molar refractivity (Wildman–Crippen MR) is 93.3 cm³/mol. The first-order chi connectivity index (χ1) is 12.2. The average Bonchev–Trinajstić information content (AvgIpc) is 3.09.